The molecule has 1 aliphatic carbocycles. The van der Waals surface area contributed by atoms with E-state index in [2.05, 4.69) is 11.4 Å². The predicted octanol–water partition coefficient (Wildman–Crippen LogP) is 1.59. The van der Waals surface area contributed by atoms with Crippen molar-refractivity contribution < 1.29 is 4.79 Å². The van der Waals surface area contributed by atoms with Gasteiger partial charge >= 0.3 is 0 Å². The highest BCUT2D eigenvalue weighted by Crippen LogP contribution is 2.19. The van der Waals surface area contributed by atoms with E-state index in [1.807, 2.05) is 36.4 Å². The van der Waals surface area contributed by atoms with Crippen LogP contribution in [0.5, 0.6) is 0 Å². The summed E-state index contributed by atoms with van der Waals surface area (Å²) in [5, 5.41) is 11.4. The molecule has 4 nitrogen and oxygen atoms in total. The topological polar surface area (TPSA) is 78.9 Å². The lowest BCUT2D eigenvalue weighted by atomic mass is 10.1. The molecule has 1 aliphatic rings. The second kappa shape index (κ2) is 5.48. The second-order valence-corrected chi connectivity index (χ2v) is 4.41. The predicted molar refractivity (Wildman–Crippen MR) is 69.6 cm³/mol. The van der Waals surface area contributed by atoms with Gasteiger partial charge in [0.05, 0.1) is 18.4 Å². The van der Waals surface area contributed by atoms with Gasteiger partial charge in [-0.1, -0.05) is 24.3 Å². The van der Waals surface area contributed by atoms with Crippen molar-refractivity contribution in [1.82, 2.24) is 0 Å². The van der Waals surface area contributed by atoms with Crippen LogP contribution < -0.4 is 11.1 Å². The van der Waals surface area contributed by atoms with Gasteiger partial charge in [-0.15, -0.1) is 0 Å². The fraction of sp³-hybridized carbons (Fsp3) is 0.286. The highest BCUT2D eigenvalue weighted by Gasteiger charge is 2.22. The maximum atomic E-state index is 11.9. The first-order valence-electron chi connectivity index (χ1n) is 5.89. The summed E-state index contributed by atoms with van der Waals surface area (Å²) in [5.74, 6) is -0.175. The van der Waals surface area contributed by atoms with E-state index in [1.165, 1.54) is 0 Å². The number of carbonyl (C=O) groups excluding carboxylic acids is 1. The minimum absolute atomic E-state index is 0.0150. The number of hydrogen-bond acceptors (Lipinski definition) is 3. The molecule has 3 N–H and O–H groups in total. The van der Waals surface area contributed by atoms with Crippen molar-refractivity contribution in [2.24, 2.45) is 11.7 Å². The van der Waals surface area contributed by atoms with Gasteiger partial charge in [0.15, 0.2) is 0 Å². The zero-order valence-corrected chi connectivity index (χ0v) is 9.97. The van der Waals surface area contributed by atoms with E-state index in [4.69, 9.17) is 11.0 Å². The maximum Gasteiger partial charge on any atom is 0.231 e. The van der Waals surface area contributed by atoms with E-state index in [0.29, 0.717) is 12.8 Å². The number of benzene rings is 1. The first kappa shape index (κ1) is 12.3. The number of hydrogen-bond donors (Lipinski definition) is 2. The molecule has 2 unspecified atom stereocenters. The number of nitrogens with two attached hydrogens (primary N) is 1. The summed E-state index contributed by atoms with van der Waals surface area (Å²) in [6, 6.07) is 9.37. The summed E-state index contributed by atoms with van der Waals surface area (Å²) >= 11 is 0. The van der Waals surface area contributed by atoms with Crippen LogP contribution in [0, 0.1) is 17.2 Å². The van der Waals surface area contributed by atoms with Crippen LogP contribution in [0.1, 0.15) is 12.0 Å². The number of amides is 1. The lowest BCUT2D eigenvalue weighted by molar-refractivity contribution is -0.118. The summed E-state index contributed by atoms with van der Waals surface area (Å²) in [6.07, 6.45) is 4.76. The fourth-order valence-electron chi connectivity index (χ4n) is 1.95. The summed E-state index contributed by atoms with van der Waals surface area (Å²) in [6.45, 7) is 0. The molecular formula is C14H15N3O. The van der Waals surface area contributed by atoms with Gasteiger partial charge in [0, 0.05) is 11.7 Å². The molecule has 18 heavy (non-hydrogen) atoms. The average molecular weight is 241 g/mol. The Hall–Kier alpha value is -2.12. The van der Waals surface area contributed by atoms with Gasteiger partial charge in [-0.25, -0.2) is 0 Å². The Labute approximate surface area is 106 Å². The third kappa shape index (κ3) is 2.96. The molecule has 0 radical (unpaired) electrons. The number of rotatable bonds is 3. The molecule has 1 aromatic carbocycles. The van der Waals surface area contributed by atoms with Crippen molar-refractivity contribution in [3.63, 3.8) is 0 Å². The van der Waals surface area contributed by atoms with Gasteiger partial charge in [0.1, 0.15) is 0 Å². The van der Waals surface area contributed by atoms with Crippen LogP contribution in [0.2, 0.25) is 0 Å². The molecule has 0 heterocycles. The maximum absolute atomic E-state index is 11.9. The van der Waals surface area contributed by atoms with E-state index >= 15 is 0 Å². The zero-order chi connectivity index (χ0) is 13.0. The van der Waals surface area contributed by atoms with Gasteiger partial charge in [0.2, 0.25) is 5.91 Å². The monoisotopic (exact) mass is 241 g/mol. The van der Waals surface area contributed by atoms with E-state index < -0.39 is 0 Å². The van der Waals surface area contributed by atoms with Gasteiger partial charge in [-0.3, -0.25) is 4.79 Å². The van der Waals surface area contributed by atoms with Gasteiger partial charge in [-0.05, 0) is 24.1 Å². The minimum atomic E-state index is -0.140. The molecule has 0 spiro atoms. The molecular weight excluding hydrogens is 226 g/mol. The Kier molecular flexibility index (Phi) is 3.75. The molecule has 0 bridgehead atoms. The largest absolute Gasteiger partial charge is 0.326 e. The van der Waals surface area contributed by atoms with Gasteiger partial charge in [0.25, 0.3) is 0 Å². The number of anilines is 1. The lowest BCUT2D eigenvalue weighted by Crippen LogP contribution is -2.23. The Morgan fingerprint density at radius 3 is 2.67 bits per heavy atom. The van der Waals surface area contributed by atoms with Crippen molar-refractivity contribution >= 4 is 11.6 Å². The molecule has 0 saturated heterocycles. The zero-order valence-electron chi connectivity index (χ0n) is 9.97. The van der Waals surface area contributed by atoms with Crippen LogP contribution in [-0.4, -0.2) is 11.9 Å². The molecule has 92 valence electrons. The minimum Gasteiger partial charge on any atom is -0.326 e. The Bertz CT molecular complexity index is 499. The molecule has 0 saturated carbocycles. The highest BCUT2D eigenvalue weighted by molar-refractivity contribution is 5.94. The molecule has 0 fully saturated rings. The number of nitriles is 1. The van der Waals surface area contributed by atoms with E-state index in [9.17, 15) is 4.79 Å². The number of nitrogens with one attached hydrogen (secondary N) is 1. The van der Waals surface area contributed by atoms with Crippen LogP contribution in [0.3, 0.4) is 0 Å². The number of carbonyl (C=O) groups is 1. The number of nitrogens with zero attached hydrogens (tertiary/aromatic N) is 1. The lowest BCUT2D eigenvalue weighted by Gasteiger charge is -2.10. The Morgan fingerprint density at radius 1 is 1.39 bits per heavy atom. The molecule has 0 aliphatic heterocycles. The molecule has 2 rings (SSSR count). The SMILES string of the molecule is N#CCc1ccc(NC(=O)C2C=CC(N)C2)cc1. The van der Waals surface area contributed by atoms with Crippen molar-refractivity contribution in [3.8, 4) is 6.07 Å². The quantitative estimate of drug-likeness (QED) is 0.789. The fourth-order valence-corrected chi connectivity index (χ4v) is 1.95. The van der Waals surface area contributed by atoms with Crippen LogP contribution in [0.25, 0.3) is 0 Å². The van der Waals surface area contributed by atoms with Crippen molar-refractivity contribution in [2.45, 2.75) is 18.9 Å². The molecule has 4 heteroatoms. The van der Waals surface area contributed by atoms with Crippen LogP contribution >= 0.6 is 0 Å². The van der Waals surface area contributed by atoms with E-state index in [-0.39, 0.29) is 17.9 Å². The van der Waals surface area contributed by atoms with E-state index in [1.54, 1.807) is 0 Å². The third-order valence-electron chi connectivity index (χ3n) is 2.96. The van der Waals surface area contributed by atoms with Crippen molar-refractivity contribution in [3.05, 3.63) is 42.0 Å². The van der Waals surface area contributed by atoms with Crippen LogP contribution in [0.15, 0.2) is 36.4 Å². The van der Waals surface area contributed by atoms with Crippen LogP contribution in [-0.2, 0) is 11.2 Å². The van der Waals surface area contributed by atoms with Crippen molar-refractivity contribution in [1.29, 1.82) is 5.26 Å². The summed E-state index contributed by atoms with van der Waals surface area (Å²) in [5.41, 5.74) is 7.40. The second-order valence-electron chi connectivity index (χ2n) is 4.41. The molecule has 1 amide bonds. The summed E-state index contributed by atoms with van der Waals surface area (Å²) in [7, 11) is 0. The Balaban J connectivity index is 1.95. The standard InChI is InChI=1S/C14H15N3O/c15-8-7-10-1-5-13(6-2-10)17-14(18)11-3-4-12(16)9-11/h1-6,11-12H,7,9,16H2,(H,17,18). The average Bonchev–Trinajstić information content (AvgIpc) is 2.79. The van der Waals surface area contributed by atoms with Gasteiger partial charge in [-0.2, -0.15) is 5.26 Å². The summed E-state index contributed by atoms with van der Waals surface area (Å²) < 4.78 is 0. The first-order valence-corrected chi connectivity index (χ1v) is 5.89. The molecule has 2 atom stereocenters. The van der Waals surface area contributed by atoms with E-state index in [0.717, 1.165) is 11.3 Å². The van der Waals surface area contributed by atoms with Crippen LogP contribution in [0.4, 0.5) is 5.69 Å². The Morgan fingerprint density at radius 2 is 2.11 bits per heavy atom. The van der Waals surface area contributed by atoms with Crippen molar-refractivity contribution in [2.75, 3.05) is 5.32 Å². The molecule has 1 aromatic rings. The smallest absolute Gasteiger partial charge is 0.231 e. The molecule has 0 aromatic heterocycles. The normalized spacial score (nSPS) is 21.6. The summed E-state index contributed by atoms with van der Waals surface area (Å²) in [4.78, 5) is 11.9. The third-order valence-corrected chi connectivity index (χ3v) is 2.96. The van der Waals surface area contributed by atoms with Gasteiger partial charge < -0.3 is 11.1 Å². The highest BCUT2D eigenvalue weighted by atomic mass is 16.1. The first-order chi connectivity index (χ1) is 8.69.